The monoisotopic (exact) mass is 337 g/mol. The average molecular weight is 337 g/mol. The summed E-state index contributed by atoms with van der Waals surface area (Å²) in [4.78, 5) is 40.5. The van der Waals surface area contributed by atoms with Crippen LogP contribution in [-0.4, -0.2) is 45.6 Å². The first-order valence-corrected chi connectivity index (χ1v) is 8.02. The van der Waals surface area contributed by atoms with Crippen LogP contribution >= 0.6 is 11.3 Å². The van der Waals surface area contributed by atoms with E-state index < -0.39 is 23.5 Å². The highest BCUT2D eigenvalue weighted by Gasteiger charge is 2.32. The number of hydrogen-bond donors (Lipinski definition) is 2. The number of thiazole rings is 1. The fourth-order valence-corrected chi connectivity index (χ4v) is 3.28. The molecule has 3 rings (SSSR count). The third kappa shape index (κ3) is 3.10. The lowest BCUT2D eigenvalue weighted by Crippen LogP contribution is -2.49. The van der Waals surface area contributed by atoms with Crippen LogP contribution in [0.15, 0.2) is 22.6 Å². The molecule has 2 unspecified atom stereocenters. The zero-order chi connectivity index (χ0) is 16.4. The van der Waals surface area contributed by atoms with E-state index >= 15 is 0 Å². The van der Waals surface area contributed by atoms with E-state index in [1.165, 1.54) is 28.1 Å². The van der Waals surface area contributed by atoms with Crippen LogP contribution < -0.4 is 10.9 Å². The third-order valence-electron chi connectivity index (χ3n) is 3.81. The van der Waals surface area contributed by atoms with Crippen LogP contribution in [-0.2, 0) is 9.53 Å². The Morgan fingerprint density at radius 2 is 2.35 bits per heavy atom. The number of fused-ring (bicyclic) bond motifs is 1. The summed E-state index contributed by atoms with van der Waals surface area (Å²) in [5, 5.41) is 13.5. The molecule has 0 aromatic carbocycles. The second-order valence-corrected chi connectivity index (χ2v) is 6.17. The van der Waals surface area contributed by atoms with Crippen molar-refractivity contribution < 1.29 is 19.4 Å². The molecule has 23 heavy (non-hydrogen) atoms. The predicted molar refractivity (Wildman–Crippen MR) is 81.8 cm³/mol. The maximum Gasteiger partial charge on any atom is 0.326 e. The minimum atomic E-state index is -1.14. The van der Waals surface area contributed by atoms with Crippen molar-refractivity contribution in [1.29, 1.82) is 0 Å². The van der Waals surface area contributed by atoms with Crippen LogP contribution in [0.5, 0.6) is 0 Å². The number of amides is 1. The van der Waals surface area contributed by atoms with Crippen LogP contribution in [0.4, 0.5) is 0 Å². The molecule has 2 aromatic rings. The molecule has 1 amide bonds. The molecular weight excluding hydrogens is 322 g/mol. The Morgan fingerprint density at radius 1 is 1.52 bits per heavy atom. The smallest absolute Gasteiger partial charge is 0.326 e. The summed E-state index contributed by atoms with van der Waals surface area (Å²) in [5.41, 5.74) is -0.693. The largest absolute Gasteiger partial charge is 0.480 e. The number of carbonyl (C=O) groups is 2. The van der Waals surface area contributed by atoms with Gasteiger partial charge < -0.3 is 15.2 Å². The van der Waals surface area contributed by atoms with Gasteiger partial charge in [0.05, 0.1) is 6.61 Å². The number of carboxylic acid groups (broad SMARTS) is 1. The van der Waals surface area contributed by atoms with Gasteiger partial charge in [-0.2, -0.15) is 0 Å². The van der Waals surface area contributed by atoms with Crippen molar-refractivity contribution in [2.45, 2.75) is 18.9 Å². The van der Waals surface area contributed by atoms with E-state index in [9.17, 15) is 19.5 Å². The zero-order valence-electron chi connectivity index (χ0n) is 12.1. The minimum Gasteiger partial charge on any atom is -0.480 e. The molecule has 122 valence electrons. The molecule has 8 nitrogen and oxygen atoms in total. The maximum atomic E-state index is 12.3. The quantitative estimate of drug-likeness (QED) is 0.834. The summed E-state index contributed by atoms with van der Waals surface area (Å²) in [5.74, 6) is -2.19. The van der Waals surface area contributed by atoms with E-state index in [0.717, 1.165) is 6.42 Å². The van der Waals surface area contributed by atoms with E-state index in [-0.39, 0.29) is 18.1 Å². The molecule has 1 aliphatic heterocycles. The number of nitrogens with one attached hydrogen (secondary N) is 1. The molecule has 1 aliphatic rings. The van der Waals surface area contributed by atoms with Gasteiger partial charge in [0.25, 0.3) is 11.5 Å². The standard InChI is InChI=1S/C14H15N3O5S/c18-11(9-6-15-14-17(12(9)19)3-5-23-14)16-10(13(20)21)8-2-1-4-22-7-8/h3,5-6,8,10H,1-2,4,7H2,(H,16,18)(H,20,21). The maximum absolute atomic E-state index is 12.3. The van der Waals surface area contributed by atoms with Crippen molar-refractivity contribution >= 4 is 28.2 Å². The SMILES string of the molecule is O=C(NC(C(=O)O)C1CCCOC1)c1cnc2sccn2c1=O. The highest BCUT2D eigenvalue weighted by molar-refractivity contribution is 7.15. The summed E-state index contributed by atoms with van der Waals surface area (Å²) >= 11 is 1.27. The zero-order valence-corrected chi connectivity index (χ0v) is 12.9. The Balaban J connectivity index is 1.84. The molecule has 1 fully saturated rings. The molecule has 3 heterocycles. The number of ether oxygens (including phenoxy) is 1. The van der Waals surface area contributed by atoms with Crippen molar-refractivity contribution in [3.05, 3.63) is 33.7 Å². The van der Waals surface area contributed by atoms with Crippen molar-refractivity contribution in [2.75, 3.05) is 13.2 Å². The molecule has 0 bridgehead atoms. The summed E-state index contributed by atoms with van der Waals surface area (Å²) in [6.45, 7) is 0.870. The molecule has 0 saturated carbocycles. The molecular formula is C14H15N3O5S. The Labute approximate surface area is 134 Å². The Morgan fingerprint density at radius 3 is 3.04 bits per heavy atom. The van der Waals surface area contributed by atoms with E-state index in [1.54, 1.807) is 5.38 Å². The Bertz CT molecular complexity index is 793. The lowest BCUT2D eigenvalue weighted by molar-refractivity contribution is -0.142. The van der Waals surface area contributed by atoms with Gasteiger partial charge in [0.15, 0.2) is 4.96 Å². The number of carbonyl (C=O) groups excluding carboxylic acids is 1. The minimum absolute atomic E-state index is 0.177. The first-order valence-electron chi connectivity index (χ1n) is 7.14. The van der Waals surface area contributed by atoms with Gasteiger partial charge in [0.1, 0.15) is 11.6 Å². The molecule has 2 N–H and O–H groups in total. The number of hydrogen-bond acceptors (Lipinski definition) is 6. The highest BCUT2D eigenvalue weighted by Crippen LogP contribution is 2.18. The number of nitrogens with zero attached hydrogens (tertiary/aromatic N) is 2. The van der Waals surface area contributed by atoms with Crippen molar-refractivity contribution in [2.24, 2.45) is 5.92 Å². The molecule has 0 aliphatic carbocycles. The van der Waals surface area contributed by atoms with Gasteiger partial charge in [0, 0.05) is 30.3 Å². The van der Waals surface area contributed by atoms with Gasteiger partial charge >= 0.3 is 5.97 Å². The molecule has 0 spiro atoms. The molecule has 9 heteroatoms. The first kappa shape index (κ1) is 15.6. The van der Waals surface area contributed by atoms with Gasteiger partial charge in [-0.05, 0) is 12.8 Å². The molecule has 2 atom stereocenters. The van der Waals surface area contributed by atoms with Gasteiger partial charge in [-0.25, -0.2) is 9.78 Å². The molecule has 2 aromatic heterocycles. The summed E-state index contributed by atoms with van der Waals surface area (Å²) < 4.78 is 6.54. The van der Waals surface area contributed by atoms with E-state index in [2.05, 4.69) is 10.3 Å². The fraction of sp³-hybridized carbons (Fsp3) is 0.429. The van der Waals surface area contributed by atoms with Gasteiger partial charge in [-0.15, -0.1) is 11.3 Å². The van der Waals surface area contributed by atoms with Crippen LogP contribution in [0.3, 0.4) is 0 Å². The third-order valence-corrected chi connectivity index (χ3v) is 4.58. The van der Waals surface area contributed by atoms with Crippen LogP contribution in [0, 0.1) is 5.92 Å². The first-order chi connectivity index (χ1) is 11.1. The normalized spacial score (nSPS) is 19.4. The second-order valence-electron chi connectivity index (χ2n) is 5.30. The van der Waals surface area contributed by atoms with Crippen molar-refractivity contribution in [3.63, 3.8) is 0 Å². The number of aromatic nitrogens is 2. The second kappa shape index (κ2) is 6.47. The number of rotatable bonds is 4. The van der Waals surface area contributed by atoms with E-state index in [4.69, 9.17) is 4.74 Å². The molecule has 1 saturated heterocycles. The fourth-order valence-electron chi connectivity index (χ4n) is 2.61. The Kier molecular flexibility index (Phi) is 4.39. The van der Waals surface area contributed by atoms with E-state index in [1.807, 2.05) is 0 Å². The number of aliphatic carboxylic acids is 1. The number of carboxylic acids is 1. The van der Waals surface area contributed by atoms with Gasteiger partial charge in [-0.1, -0.05) is 0 Å². The topological polar surface area (TPSA) is 110 Å². The van der Waals surface area contributed by atoms with Gasteiger partial charge in [-0.3, -0.25) is 14.0 Å². The van der Waals surface area contributed by atoms with Crippen LogP contribution in [0.2, 0.25) is 0 Å². The average Bonchev–Trinajstić information content (AvgIpc) is 3.03. The summed E-state index contributed by atoms with van der Waals surface area (Å²) in [7, 11) is 0. The highest BCUT2D eigenvalue weighted by atomic mass is 32.1. The van der Waals surface area contributed by atoms with E-state index in [0.29, 0.717) is 18.0 Å². The van der Waals surface area contributed by atoms with Crippen LogP contribution in [0.1, 0.15) is 23.2 Å². The molecule has 0 radical (unpaired) electrons. The lowest BCUT2D eigenvalue weighted by atomic mass is 9.93. The van der Waals surface area contributed by atoms with Gasteiger partial charge in [0.2, 0.25) is 0 Å². The van der Waals surface area contributed by atoms with Crippen LogP contribution in [0.25, 0.3) is 4.96 Å². The summed E-state index contributed by atoms with van der Waals surface area (Å²) in [6, 6.07) is -1.09. The Hall–Kier alpha value is -2.26. The summed E-state index contributed by atoms with van der Waals surface area (Å²) in [6.07, 6.45) is 4.10. The predicted octanol–water partition coefficient (Wildman–Crippen LogP) is 0.366. The lowest BCUT2D eigenvalue weighted by Gasteiger charge is -2.27. The van der Waals surface area contributed by atoms with Crippen molar-refractivity contribution in [1.82, 2.24) is 14.7 Å². The van der Waals surface area contributed by atoms with Crippen molar-refractivity contribution in [3.8, 4) is 0 Å².